The molecule has 1 unspecified atom stereocenters. The van der Waals surface area contributed by atoms with Crippen LogP contribution in [0.25, 0.3) is 0 Å². The first kappa shape index (κ1) is 17.2. The number of nitrogens with one attached hydrogen (secondary N) is 1. The van der Waals surface area contributed by atoms with Crippen LogP contribution < -0.4 is 5.32 Å². The van der Waals surface area contributed by atoms with Gasteiger partial charge in [-0.2, -0.15) is 0 Å². The lowest BCUT2D eigenvalue weighted by atomic mass is 10.1. The number of rotatable bonds is 7. The van der Waals surface area contributed by atoms with Gasteiger partial charge in [-0.15, -0.1) is 0 Å². The fourth-order valence-electron chi connectivity index (χ4n) is 1.41. The second kappa shape index (κ2) is 8.34. The third kappa shape index (κ3) is 6.08. The number of hydrogen-bond donors (Lipinski definition) is 2. The zero-order chi connectivity index (χ0) is 15.0. The van der Waals surface area contributed by atoms with Gasteiger partial charge < -0.3 is 20.1 Å². The molecule has 0 saturated carbocycles. The van der Waals surface area contributed by atoms with Gasteiger partial charge in [0.1, 0.15) is 6.54 Å². The lowest BCUT2D eigenvalue weighted by Crippen LogP contribution is -2.48. The Morgan fingerprint density at radius 1 is 1.32 bits per heavy atom. The molecule has 0 aliphatic rings. The van der Waals surface area contributed by atoms with Crippen molar-refractivity contribution in [2.75, 3.05) is 20.2 Å². The molecule has 0 bridgehead atoms. The minimum Gasteiger partial charge on any atom is -0.481 e. The summed E-state index contributed by atoms with van der Waals surface area (Å²) in [6.07, 6.45) is 0.425. The highest BCUT2D eigenvalue weighted by atomic mass is 16.5. The van der Waals surface area contributed by atoms with E-state index in [0.29, 0.717) is 6.42 Å². The molecule has 0 saturated heterocycles. The molecule has 7 nitrogen and oxygen atoms in total. The number of carboxylic acids is 1. The van der Waals surface area contributed by atoms with E-state index in [1.54, 1.807) is 20.8 Å². The molecule has 0 fully saturated rings. The van der Waals surface area contributed by atoms with E-state index in [9.17, 15) is 14.4 Å². The molecule has 2 amide bonds. The summed E-state index contributed by atoms with van der Waals surface area (Å²) in [6, 6.07) is -0.663. The van der Waals surface area contributed by atoms with Crippen molar-refractivity contribution in [1.29, 1.82) is 0 Å². The Balaban J connectivity index is 4.49. The Morgan fingerprint density at radius 3 is 2.26 bits per heavy atom. The SMILES string of the molecule is CCC(CNC(=O)N(CC(=O)OC)C(C)C)C(=O)O. The number of methoxy groups -OCH3 is 1. The number of carbonyl (C=O) groups is 3. The molecule has 0 aromatic heterocycles. The van der Waals surface area contributed by atoms with Crippen LogP contribution in [0.4, 0.5) is 4.79 Å². The zero-order valence-electron chi connectivity index (χ0n) is 11.8. The predicted octanol–water partition coefficient (Wildman–Crippen LogP) is 0.690. The van der Waals surface area contributed by atoms with E-state index in [2.05, 4.69) is 10.1 Å². The van der Waals surface area contributed by atoms with Crippen molar-refractivity contribution in [1.82, 2.24) is 10.2 Å². The number of nitrogens with zero attached hydrogens (tertiary/aromatic N) is 1. The van der Waals surface area contributed by atoms with E-state index < -0.39 is 23.9 Å². The Kier molecular flexibility index (Phi) is 7.55. The standard InChI is InChI=1S/C12H22N2O5/c1-5-9(11(16)17)6-13-12(18)14(8(2)3)7-10(15)19-4/h8-9H,5-7H2,1-4H3,(H,13,18)(H,16,17). The highest BCUT2D eigenvalue weighted by molar-refractivity contribution is 5.81. The van der Waals surface area contributed by atoms with Crippen molar-refractivity contribution >= 4 is 18.0 Å². The molecule has 0 rings (SSSR count). The fourth-order valence-corrected chi connectivity index (χ4v) is 1.41. The number of urea groups is 1. The van der Waals surface area contributed by atoms with Crippen molar-refractivity contribution < 1.29 is 24.2 Å². The largest absolute Gasteiger partial charge is 0.481 e. The summed E-state index contributed by atoms with van der Waals surface area (Å²) in [4.78, 5) is 35.2. The molecule has 0 aliphatic carbocycles. The van der Waals surface area contributed by atoms with E-state index in [4.69, 9.17) is 5.11 Å². The average molecular weight is 274 g/mol. The molecule has 0 radical (unpaired) electrons. The number of aliphatic carboxylic acids is 1. The van der Waals surface area contributed by atoms with Crippen LogP contribution in [0.15, 0.2) is 0 Å². The highest BCUT2D eigenvalue weighted by Gasteiger charge is 2.22. The molecule has 0 aliphatic heterocycles. The van der Waals surface area contributed by atoms with Crippen LogP contribution in [0.5, 0.6) is 0 Å². The van der Waals surface area contributed by atoms with E-state index in [-0.39, 0.29) is 19.1 Å². The molecule has 110 valence electrons. The number of carbonyl (C=O) groups excluding carboxylic acids is 2. The molecular weight excluding hydrogens is 252 g/mol. The third-order valence-electron chi connectivity index (χ3n) is 2.75. The van der Waals surface area contributed by atoms with Gasteiger partial charge in [-0.1, -0.05) is 6.92 Å². The van der Waals surface area contributed by atoms with E-state index in [0.717, 1.165) is 0 Å². The van der Waals surface area contributed by atoms with Crippen molar-refractivity contribution in [3.05, 3.63) is 0 Å². The molecule has 0 aromatic rings. The maximum atomic E-state index is 11.9. The van der Waals surface area contributed by atoms with Crippen LogP contribution in [0.2, 0.25) is 0 Å². The number of esters is 1. The predicted molar refractivity (Wildman–Crippen MR) is 68.7 cm³/mol. The maximum absolute atomic E-state index is 11.9. The van der Waals surface area contributed by atoms with Gasteiger partial charge in [0.25, 0.3) is 0 Å². The van der Waals surface area contributed by atoms with Crippen molar-refractivity contribution in [2.24, 2.45) is 5.92 Å². The summed E-state index contributed by atoms with van der Waals surface area (Å²) in [6.45, 7) is 5.13. The molecule has 19 heavy (non-hydrogen) atoms. The van der Waals surface area contributed by atoms with Gasteiger partial charge in [0.15, 0.2) is 0 Å². The smallest absolute Gasteiger partial charge is 0.325 e. The summed E-state index contributed by atoms with van der Waals surface area (Å²) in [5.74, 6) is -2.10. The molecule has 0 spiro atoms. The second-order valence-electron chi connectivity index (χ2n) is 4.43. The van der Waals surface area contributed by atoms with Crippen LogP contribution in [0.1, 0.15) is 27.2 Å². The molecule has 0 aromatic carbocycles. The summed E-state index contributed by atoms with van der Waals surface area (Å²) >= 11 is 0. The first-order valence-electron chi connectivity index (χ1n) is 6.17. The number of amides is 2. The lowest BCUT2D eigenvalue weighted by molar-refractivity contribution is -0.142. The Morgan fingerprint density at radius 2 is 1.89 bits per heavy atom. The first-order valence-corrected chi connectivity index (χ1v) is 6.17. The summed E-state index contributed by atoms with van der Waals surface area (Å²) in [5.41, 5.74) is 0. The van der Waals surface area contributed by atoms with Gasteiger partial charge in [0.05, 0.1) is 13.0 Å². The number of carboxylic acid groups (broad SMARTS) is 1. The minimum atomic E-state index is -0.952. The normalized spacial score (nSPS) is 11.8. The van der Waals surface area contributed by atoms with E-state index >= 15 is 0 Å². The van der Waals surface area contributed by atoms with Crippen molar-refractivity contribution in [3.8, 4) is 0 Å². The van der Waals surface area contributed by atoms with Gasteiger partial charge in [-0.25, -0.2) is 4.79 Å². The number of hydrogen-bond acceptors (Lipinski definition) is 4. The number of ether oxygens (including phenoxy) is 1. The van der Waals surface area contributed by atoms with Gasteiger partial charge in [0.2, 0.25) is 0 Å². The van der Waals surface area contributed by atoms with Gasteiger partial charge in [0, 0.05) is 12.6 Å². The van der Waals surface area contributed by atoms with Gasteiger partial charge >= 0.3 is 18.0 Å². The van der Waals surface area contributed by atoms with Gasteiger partial charge in [-0.3, -0.25) is 9.59 Å². The monoisotopic (exact) mass is 274 g/mol. The summed E-state index contributed by atoms with van der Waals surface area (Å²) in [5, 5.41) is 11.4. The van der Waals surface area contributed by atoms with Crippen LogP contribution in [-0.4, -0.2) is 54.2 Å². The highest BCUT2D eigenvalue weighted by Crippen LogP contribution is 2.03. The van der Waals surface area contributed by atoms with Crippen LogP contribution in [0.3, 0.4) is 0 Å². The van der Waals surface area contributed by atoms with E-state index in [1.165, 1.54) is 12.0 Å². The minimum absolute atomic E-state index is 0.0368. The fraction of sp³-hybridized carbons (Fsp3) is 0.750. The molecular formula is C12H22N2O5. The second-order valence-corrected chi connectivity index (χ2v) is 4.43. The first-order chi connectivity index (χ1) is 8.83. The summed E-state index contributed by atoms with van der Waals surface area (Å²) < 4.78 is 4.51. The molecule has 2 N–H and O–H groups in total. The third-order valence-corrected chi connectivity index (χ3v) is 2.75. The maximum Gasteiger partial charge on any atom is 0.325 e. The van der Waals surface area contributed by atoms with Crippen LogP contribution in [0, 0.1) is 5.92 Å². The Bertz CT molecular complexity index is 330. The van der Waals surface area contributed by atoms with Crippen LogP contribution in [-0.2, 0) is 14.3 Å². The lowest BCUT2D eigenvalue weighted by Gasteiger charge is -2.26. The van der Waals surface area contributed by atoms with Crippen molar-refractivity contribution in [2.45, 2.75) is 33.2 Å². The summed E-state index contributed by atoms with van der Waals surface area (Å²) in [7, 11) is 1.25. The topological polar surface area (TPSA) is 95.9 Å². The Hall–Kier alpha value is -1.79. The van der Waals surface area contributed by atoms with Crippen LogP contribution >= 0.6 is 0 Å². The van der Waals surface area contributed by atoms with E-state index in [1.807, 2.05) is 0 Å². The average Bonchev–Trinajstić information content (AvgIpc) is 2.35. The molecule has 1 atom stereocenters. The zero-order valence-corrected chi connectivity index (χ0v) is 11.8. The quantitative estimate of drug-likeness (QED) is 0.666. The van der Waals surface area contributed by atoms with Gasteiger partial charge in [-0.05, 0) is 20.3 Å². The molecule has 0 heterocycles. The molecule has 7 heteroatoms. The Labute approximate surface area is 112 Å². The van der Waals surface area contributed by atoms with Crippen molar-refractivity contribution in [3.63, 3.8) is 0 Å².